The molecular formula is C21H18FNO2. The number of hydrogen-bond donors (Lipinski definition) is 0. The second kappa shape index (κ2) is 7.62. The molecule has 126 valence electrons. The van der Waals surface area contributed by atoms with E-state index in [4.69, 9.17) is 4.74 Å². The summed E-state index contributed by atoms with van der Waals surface area (Å²) < 4.78 is 19.5. The van der Waals surface area contributed by atoms with Crippen molar-refractivity contribution in [2.45, 2.75) is 6.54 Å². The molecule has 0 spiro atoms. The first-order valence-electron chi connectivity index (χ1n) is 7.95. The van der Waals surface area contributed by atoms with Gasteiger partial charge in [0, 0.05) is 24.7 Å². The van der Waals surface area contributed by atoms with Crippen molar-refractivity contribution in [3.8, 4) is 11.5 Å². The van der Waals surface area contributed by atoms with Crippen LogP contribution in [0.25, 0.3) is 0 Å². The van der Waals surface area contributed by atoms with Gasteiger partial charge >= 0.3 is 0 Å². The highest BCUT2D eigenvalue weighted by atomic mass is 19.1. The lowest BCUT2D eigenvalue weighted by Crippen LogP contribution is -2.26. The van der Waals surface area contributed by atoms with Gasteiger partial charge in [-0.2, -0.15) is 0 Å². The molecule has 0 N–H and O–H groups in total. The molecule has 3 nitrogen and oxygen atoms in total. The third-order valence-electron chi connectivity index (χ3n) is 3.77. The zero-order chi connectivity index (χ0) is 17.6. The highest BCUT2D eigenvalue weighted by molar-refractivity contribution is 5.94. The SMILES string of the molecule is CN(Cc1ccccc1F)C(=O)c1cccc(Oc2ccccc2)c1. The van der Waals surface area contributed by atoms with Crippen molar-refractivity contribution in [3.63, 3.8) is 0 Å². The molecule has 0 heterocycles. The normalized spacial score (nSPS) is 10.3. The van der Waals surface area contributed by atoms with Gasteiger partial charge < -0.3 is 9.64 Å². The van der Waals surface area contributed by atoms with Crippen LogP contribution < -0.4 is 4.74 Å². The van der Waals surface area contributed by atoms with Crippen LogP contribution in [0.3, 0.4) is 0 Å². The van der Waals surface area contributed by atoms with E-state index in [9.17, 15) is 9.18 Å². The lowest BCUT2D eigenvalue weighted by molar-refractivity contribution is 0.0783. The Morgan fingerprint density at radius 1 is 0.920 bits per heavy atom. The second-order valence-corrected chi connectivity index (χ2v) is 5.70. The summed E-state index contributed by atoms with van der Waals surface area (Å²) in [4.78, 5) is 14.1. The first-order chi connectivity index (χ1) is 12.1. The number of ether oxygens (including phenoxy) is 1. The van der Waals surface area contributed by atoms with Crippen molar-refractivity contribution in [2.24, 2.45) is 0 Å². The topological polar surface area (TPSA) is 29.5 Å². The molecule has 0 aromatic heterocycles. The number of hydrogen-bond acceptors (Lipinski definition) is 2. The minimum Gasteiger partial charge on any atom is -0.457 e. The van der Waals surface area contributed by atoms with Crippen LogP contribution in [-0.2, 0) is 6.54 Å². The van der Waals surface area contributed by atoms with Gasteiger partial charge in [0.15, 0.2) is 0 Å². The molecule has 0 saturated heterocycles. The Kier molecular flexibility index (Phi) is 5.09. The first kappa shape index (κ1) is 16.7. The number of rotatable bonds is 5. The molecule has 0 fully saturated rings. The predicted octanol–water partition coefficient (Wildman–Crippen LogP) is 4.89. The maximum absolute atomic E-state index is 13.8. The van der Waals surface area contributed by atoms with Crippen molar-refractivity contribution < 1.29 is 13.9 Å². The smallest absolute Gasteiger partial charge is 0.254 e. The molecule has 1 amide bonds. The summed E-state index contributed by atoms with van der Waals surface area (Å²) in [5, 5.41) is 0. The van der Waals surface area contributed by atoms with Crippen LogP contribution in [0.1, 0.15) is 15.9 Å². The van der Waals surface area contributed by atoms with Gasteiger partial charge in [-0.3, -0.25) is 4.79 Å². The van der Waals surface area contributed by atoms with Gasteiger partial charge in [-0.1, -0.05) is 42.5 Å². The van der Waals surface area contributed by atoms with Gasteiger partial charge in [-0.25, -0.2) is 4.39 Å². The number of para-hydroxylation sites is 1. The number of nitrogens with zero attached hydrogens (tertiary/aromatic N) is 1. The second-order valence-electron chi connectivity index (χ2n) is 5.70. The highest BCUT2D eigenvalue weighted by Gasteiger charge is 2.14. The van der Waals surface area contributed by atoms with E-state index in [1.54, 1.807) is 49.5 Å². The number of amides is 1. The molecule has 0 unspecified atom stereocenters. The number of benzene rings is 3. The van der Waals surface area contributed by atoms with Crippen LogP contribution in [-0.4, -0.2) is 17.9 Å². The minimum absolute atomic E-state index is 0.193. The Labute approximate surface area is 146 Å². The van der Waals surface area contributed by atoms with Gasteiger partial charge in [0.05, 0.1) is 0 Å². The van der Waals surface area contributed by atoms with Gasteiger partial charge in [0.25, 0.3) is 5.91 Å². The van der Waals surface area contributed by atoms with Crippen LogP contribution >= 0.6 is 0 Å². The Balaban J connectivity index is 1.73. The largest absolute Gasteiger partial charge is 0.457 e. The Morgan fingerprint density at radius 2 is 1.60 bits per heavy atom. The molecule has 3 aromatic rings. The maximum Gasteiger partial charge on any atom is 0.254 e. The molecule has 3 aromatic carbocycles. The van der Waals surface area contributed by atoms with Gasteiger partial charge in [0.2, 0.25) is 0 Å². The first-order valence-corrected chi connectivity index (χ1v) is 7.95. The minimum atomic E-state index is -0.316. The average Bonchev–Trinajstić information content (AvgIpc) is 2.64. The highest BCUT2D eigenvalue weighted by Crippen LogP contribution is 2.22. The van der Waals surface area contributed by atoms with Crippen molar-refractivity contribution >= 4 is 5.91 Å². The van der Waals surface area contributed by atoms with Gasteiger partial charge in [-0.05, 0) is 36.4 Å². The third kappa shape index (κ3) is 4.23. The molecule has 0 aliphatic carbocycles. The van der Waals surface area contributed by atoms with E-state index in [1.165, 1.54) is 11.0 Å². The lowest BCUT2D eigenvalue weighted by atomic mass is 10.1. The standard InChI is InChI=1S/C21H18FNO2/c1-23(15-17-8-5-6-13-20(17)22)21(24)16-9-7-12-19(14-16)25-18-10-3-2-4-11-18/h2-14H,15H2,1H3. The Hall–Kier alpha value is -3.14. The Bertz CT molecular complexity index is 865. The molecule has 0 aliphatic rings. The summed E-state index contributed by atoms with van der Waals surface area (Å²) in [5.74, 6) is 0.772. The van der Waals surface area contributed by atoms with Crippen molar-refractivity contribution in [1.82, 2.24) is 4.90 Å². The number of carbonyl (C=O) groups excluding carboxylic acids is 1. The monoisotopic (exact) mass is 335 g/mol. The molecule has 0 bridgehead atoms. The molecule has 0 atom stereocenters. The Morgan fingerprint density at radius 3 is 2.36 bits per heavy atom. The van der Waals surface area contributed by atoms with Crippen molar-refractivity contribution in [3.05, 3.63) is 95.8 Å². The van der Waals surface area contributed by atoms with Gasteiger partial charge in [-0.15, -0.1) is 0 Å². The van der Waals surface area contributed by atoms with Crippen LogP contribution in [0.2, 0.25) is 0 Å². The van der Waals surface area contributed by atoms with E-state index in [2.05, 4.69) is 0 Å². The van der Waals surface area contributed by atoms with Crippen LogP contribution in [0.4, 0.5) is 4.39 Å². The quantitative estimate of drug-likeness (QED) is 0.664. The van der Waals surface area contributed by atoms with Crippen LogP contribution in [0, 0.1) is 5.82 Å². The summed E-state index contributed by atoms with van der Waals surface area (Å²) in [6.45, 7) is 0.204. The summed E-state index contributed by atoms with van der Waals surface area (Å²) in [6.07, 6.45) is 0. The lowest BCUT2D eigenvalue weighted by Gasteiger charge is -2.18. The molecular weight excluding hydrogens is 317 g/mol. The summed E-state index contributed by atoms with van der Waals surface area (Å²) >= 11 is 0. The van der Waals surface area contributed by atoms with E-state index in [-0.39, 0.29) is 18.3 Å². The molecule has 0 saturated carbocycles. The van der Waals surface area contributed by atoms with Crippen LogP contribution in [0.15, 0.2) is 78.9 Å². The van der Waals surface area contributed by atoms with Crippen LogP contribution in [0.5, 0.6) is 11.5 Å². The molecule has 0 radical (unpaired) electrons. The van der Waals surface area contributed by atoms with Crippen molar-refractivity contribution in [1.29, 1.82) is 0 Å². The molecule has 4 heteroatoms. The zero-order valence-corrected chi connectivity index (χ0v) is 13.9. The molecule has 3 rings (SSSR count). The predicted molar refractivity (Wildman–Crippen MR) is 95.2 cm³/mol. The average molecular weight is 335 g/mol. The summed E-state index contributed by atoms with van der Waals surface area (Å²) in [7, 11) is 1.65. The van der Waals surface area contributed by atoms with E-state index in [0.29, 0.717) is 22.6 Å². The number of carbonyl (C=O) groups is 1. The zero-order valence-electron chi connectivity index (χ0n) is 13.9. The van der Waals surface area contributed by atoms with E-state index < -0.39 is 0 Å². The summed E-state index contributed by atoms with van der Waals surface area (Å²) in [5.41, 5.74) is 0.974. The molecule has 0 aliphatic heterocycles. The fourth-order valence-electron chi connectivity index (χ4n) is 2.49. The number of halogens is 1. The summed E-state index contributed by atoms with van der Waals surface area (Å²) in [6, 6.07) is 22.8. The van der Waals surface area contributed by atoms with Gasteiger partial charge in [0.1, 0.15) is 17.3 Å². The van der Waals surface area contributed by atoms with Crippen molar-refractivity contribution in [2.75, 3.05) is 7.05 Å². The fraction of sp³-hybridized carbons (Fsp3) is 0.0952. The van der Waals surface area contributed by atoms with E-state index in [1.807, 2.05) is 30.3 Å². The fourth-order valence-corrected chi connectivity index (χ4v) is 2.49. The third-order valence-corrected chi connectivity index (χ3v) is 3.77. The van der Waals surface area contributed by atoms with E-state index >= 15 is 0 Å². The maximum atomic E-state index is 13.8. The molecule has 25 heavy (non-hydrogen) atoms. The van der Waals surface area contributed by atoms with E-state index in [0.717, 1.165) is 0 Å².